The number of hydrogen-bond donors (Lipinski definition) is 0. The third-order valence-electron chi connectivity index (χ3n) is 1.89. The molecule has 0 aromatic carbocycles. The predicted molar refractivity (Wildman–Crippen MR) is 49.4 cm³/mol. The summed E-state index contributed by atoms with van der Waals surface area (Å²) < 4.78 is 10.3. The van der Waals surface area contributed by atoms with E-state index in [9.17, 15) is 4.79 Å². The Balaban J connectivity index is 2.25. The second-order valence-electron chi connectivity index (χ2n) is 2.93. The molecule has 0 spiro atoms. The molecule has 0 saturated carbocycles. The molecule has 0 atom stereocenters. The Morgan fingerprint density at radius 3 is 3.15 bits per heavy atom. The summed E-state index contributed by atoms with van der Waals surface area (Å²) in [6.45, 7) is 3.75. The Labute approximate surface area is 78.7 Å². The third-order valence-corrected chi connectivity index (χ3v) is 1.89. The summed E-state index contributed by atoms with van der Waals surface area (Å²) in [5, 5.41) is 0. The fourth-order valence-electron chi connectivity index (χ4n) is 1.18. The monoisotopic (exact) mass is 184 g/mol. The maximum absolute atomic E-state index is 11.4. The summed E-state index contributed by atoms with van der Waals surface area (Å²) in [6, 6.07) is 0. The van der Waals surface area contributed by atoms with Crippen LogP contribution in [0, 0.1) is 0 Å². The molecule has 0 bridgehead atoms. The lowest BCUT2D eigenvalue weighted by Gasteiger charge is -2.13. The highest BCUT2D eigenvalue weighted by Gasteiger charge is 2.12. The first-order valence-corrected chi connectivity index (χ1v) is 4.78. The highest BCUT2D eigenvalue weighted by Crippen LogP contribution is 2.11. The molecule has 0 unspecified atom stereocenters. The van der Waals surface area contributed by atoms with Gasteiger partial charge in [0.1, 0.15) is 0 Å². The van der Waals surface area contributed by atoms with Gasteiger partial charge in [-0.25, -0.2) is 0 Å². The van der Waals surface area contributed by atoms with Crippen molar-refractivity contribution in [3.05, 3.63) is 11.8 Å². The van der Waals surface area contributed by atoms with Crippen molar-refractivity contribution >= 4 is 5.78 Å². The first kappa shape index (κ1) is 10.3. The largest absolute Gasteiger partial charge is 0.490 e. The van der Waals surface area contributed by atoms with Gasteiger partial charge in [0.15, 0.2) is 11.5 Å². The summed E-state index contributed by atoms with van der Waals surface area (Å²) in [6.07, 6.45) is 4.27. The van der Waals surface area contributed by atoms with E-state index in [1.807, 2.05) is 13.0 Å². The molecule has 0 fully saturated rings. The minimum atomic E-state index is 0.0631. The van der Waals surface area contributed by atoms with Crippen LogP contribution in [0.15, 0.2) is 11.8 Å². The van der Waals surface area contributed by atoms with Gasteiger partial charge in [-0.1, -0.05) is 0 Å². The van der Waals surface area contributed by atoms with E-state index in [0.29, 0.717) is 32.0 Å². The summed E-state index contributed by atoms with van der Waals surface area (Å²) >= 11 is 0. The number of hydrogen-bond acceptors (Lipinski definition) is 3. The molecule has 0 aromatic rings. The van der Waals surface area contributed by atoms with E-state index in [0.717, 1.165) is 12.8 Å². The van der Waals surface area contributed by atoms with Gasteiger partial charge < -0.3 is 9.47 Å². The Hall–Kier alpha value is -0.830. The number of carbonyl (C=O) groups excluding carboxylic acids is 1. The van der Waals surface area contributed by atoms with E-state index < -0.39 is 0 Å². The summed E-state index contributed by atoms with van der Waals surface area (Å²) in [4.78, 5) is 11.4. The van der Waals surface area contributed by atoms with E-state index in [-0.39, 0.29) is 5.78 Å². The van der Waals surface area contributed by atoms with Crippen molar-refractivity contribution in [2.24, 2.45) is 0 Å². The molecule has 0 N–H and O–H groups in total. The van der Waals surface area contributed by atoms with Crippen molar-refractivity contribution in [1.82, 2.24) is 0 Å². The fourth-order valence-corrected chi connectivity index (χ4v) is 1.18. The zero-order valence-corrected chi connectivity index (χ0v) is 8.04. The lowest BCUT2D eigenvalue weighted by atomic mass is 10.1. The number of ketones is 1. The minimum Gasteiger partial charge on any atom is -0.490 e. The van der Waals surface area contributed by atoms with Crippen molar-refractivity contribution in [2.75, 3.05) is 19.8 Å². The average Bonchev–Trinajstić information content (AvgIpc) is 2.19. The molecule has 1 rings (SSSR count). The predicted octanol–water partition coefficient (Wildman–Crippen LogP) is 1.68. The first-order chi connectivity index (χ1) is 6.34. The summed E-state index contributed by atoms with van der Waals surface area (Å²) in [5.41, 5.74) is 0. The van der Waals surface area contributed by atoms with Gasteiger partial charge in [-0.2, -0.15) is 0 Å². The standard InChI is InChI=1S/C10H16O3/c1-2-12-8-6-9(11)10-5-3-4-7-13-10/h5H,2-4,6-8H2,1H3. The van der Waals surface area contributed by atoms with Crippen LogP contribution in [0.5, 0.6) is 0 Å². The van der Waals surface area contributed by atoms with Gasteiger partial charge in [-0.3, -0.25) is 4.79 Å². The van der Waals surface area contributed by atoms with Gasteiger partial charge in [0.05, 0.1) is 13.2 Å². The van der Waals surface area contributed by atoms with Crippen LogP contribution in [-0.2, 0) is 14.3 Å². The van der Waals surface area contributed by atoms with Crippen molar-refractivity contribution in [3.63, 3.8) is 0 Å². The molecule has 0 amide bonds. The van der Waals surface area contributed by atoms with Crippen LogP contribution in [0.25, 0.3) is 0 Å². The molecular formula is C10H16O3. The van der Waals surface area contributed by atoms with Crippen molar-refractivity contribution in [1.29, 1.82) is 0 Å². The van der Waals surface area contributed by atoms with E-state index in [1.54, 1.807) is 0 Å². The van der Waals surface area contributed by atoms with Crippen LogP contribution in [0.2, 0.25) is 0 Å². The van der Waals surface area contributed by atoms with Crippen LogP contribution in [0.1, 0.15) is 26.2 Å². The number of carbonyl (C=O) groups is 1. The number of rotatable bonds is 5. The topological polar surface area (TPSA) is 35.5 Å². The summed E-state index contributed by atoms with van der Waals surface area (Å²) in [5.74, 6) is 0.596. The van der Waals surface area contributed by atoms with Crippen LogP contribution in [-0.4, -0.2) is 25.6 Å². The quantitative estimate of drug-likeness (QED) is 0.610. The van der Waals surface area contributed by atoms with Crippen molar-refractivity contribution in [2.45, 2.75) is 26.2 Å². The molecule has 3 heteroatoms. The second kappa shape index (κ2) is 5.75. The summed E-state index contributed by atoms with van der Waals surface area (Å²) in [7, 11) is 0. The number of Topliss-reactive ketones (excluding diaryl/α,β-unsaturated/α-hetero) is 1. The van der Waals surface area contributed by atoms with E-state index in [1.165, 1.54) is 0 Å². The van der Waals surface area contributed by atoms with Crippen molar-refractivity contribution in [3.8, 4) is 0 Å². The molecular weight excluding hydrogens is 168 g/mol. The van der Waals surface area contributed by atoms with Crippen LogP contribution in [0.4, 0.5) is 0 Å². The molecule has 1 aliphatic heterocycles. The number of allylic oxidation sites excluding steroid dienone is 2. The Bertz CT molecular complexity index is 196. The Kier molecular flexibility index (Phi) is 4.54. The molecule has 0 saturated heterocycles. The maximum atomic E-state index is 11.4. The van der Waals surface area contributed by atoms with Crippen LogP contribution < -0.4 is 0 Å². The smallest absolute Gasteiger partial charge is 0.199 e. The lowest BCUT2D eigenvalue weighted by Crippen LogP contribution is -2.13. The molecule has 0 radical (unpaired) electrons. The first-order valence-electron chi connectivity index (χ1n) is 4.78. The Morgan fingerprint density at radius 2 is 2.54 bits per heavy atom. The van der Waals surface area contributed by atoms with Gasteiger partial charge in [-0.05, 0) is 25.8 Å². The maximum Gasteiger partial charge on any atom is 0.199 e. The molecule has 13 heavy (non-hydrogen) atoms. The SMILES string of the molecule is CCOCCC(=O)C1=CCCCO1. The zero-order valence-electron chi connectivity index (χ0n) is 8.04. The lowest BCUT2D eigenvalue weighted by molar-refractivity contribution is -0.120. The highest BCUT2D eigenvalue weighted by atomic mass is 16.5. The van der Waals surface area contributed by atoms with Crippen LogP contribution in [0.3, 0.4) is 0 Å². The molecule has 1 aliphatic rings. The fraction of sp³-hybridized carbons (Fsp3) is 0.700. The highest BCUT2D eigenvalue weighted by molar-refractivity contribution is 5.93. The van der Waals surface area contributed by atoms with E-state index in [4.69, 9.17) is 9.47 Å². The zero-order chi connectivity index (χ0) is 9.52. The van der Waals surface area contributed by atoms with E-state index >= 15 is 0 Å². The van der Waals surface area contributed by atoms with Crippen LogP contribution >= 0.6 is 0 Å². The van der Waals surface area contributed by atoms with E-state index in [2.05, 4.69) is 0 Å². The normalized spacial score (nSPS) is 16.2. The molecule has 74 valence electrons. The second-order valence-corrected chi connectivity index (χ2v) is 2.93. The van der Waals surface area contributed by atoms with Gasteiger partial charge in [0.25, 0.3) is 0 Å². The molecule has 3 nitrogen and oxygen atoms in total. The average molecular weight is 184 g/mol. The Morgan fingerprint density at radius 1 is 1.69 bits per heavy atom. The number of ether oxygens (including phenoxy) is 2. The van der Waals surface area contributed by atoms with Gasteiger partial charge >= 0.3 is 0 Å². The molecule has 0 aliphatic carbocycles. The van der Waals surface area contributed by atoms with Gasteiger partial charge in [0, 0.05) is 13.0 Å². The molecule has 0 aromatic heterocycles. The van der Waals surface area contributed by atoms with Crippen molar-refractivity contribution < 1.29 is 14.3 Å². The van der Waals surface area contributed by atoms with Gasteiger partial charge in [0.2, 0.25) is 0 Å². The van der Waals surface area contributed by atoms with Gasteiger partial charge in [-0.15, -0.1) is 0 Å². The molecule has 1 heterocycles. The minimum absolute atomic E-state index is 0.0631. The third kappa shape index (κ3) is 3.59.